The molecule has 0 N–H and O–H groups in total. The smallest absolute Gasteiger partial charge is 0.159 e. The van der Waals surface area contributed by atoms with Crippen LogP contribution in [-0.4, -0.2) is 0 Å². The van der Waals surface area contributed by atoms with Gasteiger partial charge < -0.3 is 18.6 Å². The SMILES string of the molecule is CC(C)(C)c1ccc(N(c2ccc3c(c2)sc2cc4c(cc23)-c2cc3c(cc2C42C4CC5CC(C4)CC2C5)sc2cc(N(c4ccc(C(C)(C)C)cc4)c4cccc5c4oc4ccccc45)ccc23)c2cccc3c2oc2ccccc23)cc1. The van der Waals surface area contributed by atoms with E-state index in [2.05, 4.69) is 245 Å². The molecule has 0 atom stereocenters. The Morgan fingerprint density at radius 1 is 0.369 bits per heavy atom. The van der Waals surface area contributed by atoms with Crippen LogP contribution >= 0.6 is 22.7 Å². The fourth-order valence-electron chi connectivity index (χ4n) is 16.9. The summed E-state index contributed by atoms with van der Waals surface area (Å²) in [4.78, 5) is 4.84. The van der Waals surface area contributed by atoms with Crippen molar-refractivity contribution in [2.24, 2.45) is 23.7 Å². The normalized spacial score (nSPS) is 18.9. The lowest BCUT2D eigenvalue weighted by Crippen LogP contribution is -2.55. The third-order valence-corrected chi connectivity index (χ3v) is 22.8. The Kier molecular flexibility index (Phi) is 10.2. The summed E-state index contributed by atoms with van der Waals surface area (Å²) in [5, 5.41) is 9.91. The fraction of sp³-hybridized carbons (Fsp3) is 0.231. The first kappa shape index (κ1) is 49.3. The second-order valence-electron chi connectivity index (χ2n) is 27.3. The zero-order valence-electron chi connectivity index (χ0n) is 48.3. The van der Waals surface area contributed by atoms with Gasteiger partial charge >= 0.3 is 0 Å². The number of rotatable bonds is 6. The molecule has 14 aromatic rings. The average Bonchev–Trinajstić information content (AvgIpc) is 1.49. The van der Waals surface area contributed by atoms with Crippen molar-refractivity contribution in [3.8, 4) is 11.1 Å². The van der Waals surface area contributed by atoms with Gasteiger partial charge in [-0.05, 0) is 197 Å². The van der Waals surface area contributed by atoms with E-state index in [0.717, 1.165) is 89.8 Å². The van der Waals surface area contributed by atoms with E-state index in [1.165, 1.54) is 94.7 Å². The molecule has 0 amide bonds. The van der Waals surface area contributed by atoms with Crippen LogP contribution in [0.15, 0.2) is 203 Å². The van der Waals surface area contributed by atoms with Crippen molar-refractivity contribution in [3.63, 3.8) is 0 Å². The molecule has 6 heteroatoms. The van der Waals surface area contributed by atoms with Crippen LogP contribution in [0.2, 0.25) is 0 Å². The Balaban J connectivity index is 0.801. The van der Waals surface area contributed by atoms with Crippen LogP contribution in [0.5, 0.6) is 0 Å². The molecular formula is C78H64N2O2S2. The molecule has 0 radical (unpaired) electrons. The van der Waals surface area contributed by atoms with E-state index in [0.29, 0.717) is 11.8 Å². The summed E-state index contributed by atoms with van der Waals surface area (Å²) in [5.41, 5.74) is 19.1. The molecule has 5 aliphatic rings. The van der Waals surface area contributed by atoms with Gasteiger partial charge in [-0.1, -0.05) is 139 Å². The summed E-state index contributed by atoms with van der Waals surface area (Å²) in [6.45, 7) is 13.7. The number of para-hydroxylation sites is 4. The summed E-state index contributed by atoms with van der Waals surface area (Å²) in [6, 6.07) is 73.6. The quantitative estimate of drug-likeness (QED) is 0.166. The van der Waals surface area contributed by atoms with Gasteiger partial charge in [-0.2, -0.15) is 0 Å². The standard InChI is InChI=1S/C78H64N2O2S2/c1-76(2,3)46-21-25-50(26-22-46)79(66-17-11-15-58-54-13-7-9-19-68(54)81-74(58)66)52-29-31-56-62-40-60-61-41-63-57-32-30-53(80(51-27-23-47(24-28-51)77(4,5)6)67-18-12-16-59-55-14-8-10-20-69(55)82-75(59)67)39-71(57)84-73(63)43-65(61)78(64(60)42-72(62)83-70(56)38-52)48-34-44-33-45(36-48)37-49(78)35-44/h7-32,38-45,48-49H,33-37H2,1-6H3. The molecule has 4 saturated carbocycles. The summed E-state index contributed by atoms with van der Waals surface area (Å²) in [6.07, 6.45) is 6.83. The van der Waals surface area contributed by atoms with E-state index in [4.69, 9.17) is 8.83 Å². The van der Waals surface area contributed by atoms with E-state index in [1.54, 1.807) is 11.1 Å². The Hall–Kier alpha value is -8.16. The summed E-state index contributed by atoms with van der Waals surface area (Å²) < 4.78 is 19.0. The van der Waals surface area contributed by atoms with Gasteiger partial charge in [0, 0.05) is 90.1 Å². The monoisotopic (exact) mass is 1120 g/mol. The van der Waals surface area contributed by atoms with Crippen molar-refractivity contribution >= 4 is 141 Å². The van der Waals surface area contributed by atoms with Crippen molar-refractivity contribution in [1.29, 1.82) is 0 Å². The second-order valence-corrected chi connectivity index (χ2v) is 29.5. The lowest BCUT2D eigenvalue weighted by atomic mass is 9.43. The molecule has 4 nitrogen and oxygen atoms in total. The van der Waals surface area contributed by atoms with E-state index in [-0.39, 0.29) is 16.2 Å². The molecule has 10 aromatic carbocycles. The molecule has 1 spiro atoms. The van der Waals surface area contributed by atoms with E-state index < -0.39 is 0 Å². The van der Waals surface area contributed by atoms with Gasteiger partial charge in [-0.3, -0.25) is 0 Å². The van der Waals surface area contributed by atoms with Crippen molar-refractivity contribution in [3.05, 3.63) is 216 Å². The van der Waals surface area contributed by atoms with Crippen LogP contribution in [0.3, 0.4) is 0 Å². The van der Waals surface area contributed by atoms with Crippen molar-refractivity contribution in [2.45, 2.75) is 89.9 Å². The molecule has 410 valence electrons. The van der Waals surface area contributed by atoms with Crippen LogP contribution in [0.4, 0.5) is 34.1 Å². The van der Waals surface area contributed by atoms with Crippen molar-refractivity contribution < 1.29 is 8.83 Å². The summed E-state index contributed by atoms with van der Waals surface area (Å²) in [7, 11) is 0. The number of benzene rings is 10. The number of hydrogen-bond acceptors (Lipinski definition) is 6. The maximum absolute atomic E-state index is 6.77. The zero-order chi connectivity index (χ0) is 56.1. The lowest BCUT2D eigenvalue weighted by molar-refractivity contribution is -0.0398. The first-order chi connectivity index (χ1) is 40.8. The van der Waals surface area contributed by atoms with E-state index in [1.807, 2.05) is 22.7 Å². The Morgan fingerprint density at radius 2 is 0.762 bits per heavy atom. The van der Waals surface area contributed by atoms with Gasteiger partial charge in [0.2, 0.25) is 0 Å². The molecule has 84 heavy (non-hydrogen) atoms. The van der Waals surface area contributed by atoms with Crippen LogP contribution in [0.25, 0.3) is 95.3 Å². The maximum atomic E-state index is 6.77. The molecular weight excluding hydrogens is 1060 g/mol. The molecule has 0 saturated heterocycles. The molecule has 0 unspecified atom stereocenters. The minimum Gasteiger partial charge on any atom is -0.454 e. The Bertz CT molecular complexity index is 4740. The third kappa shape index (κ3) is 7.04. The van der Waals surface area contributed by atoms with E-state index >= 15 is 0 Å². The van der Waals surface area contributed by atoms with Crippen molar-refractivity contribution in [2.75, 3.05) is 9.80 Å². The molecule has 4 aromatic heterocycles. The van der Waals surface area contributed by atoms with Gasteiger partial charge in [-0.15, -0.1) is 22.7 Å². The van der Waals surface area contributed by atoms with Gasteiger partial charge in [-0.25, -0.2) is 0 Å². The van der Waals surface area contributed by atoms with Crippen LogP contribution in [0.1, 0.15) is 95.9 Å². The highest BCUT2D eigenvalue weighted by atomic mass is 32.1. The number of furan rings is 2. The Morgan fingerprint density at radius 3 is 1.19 bits per heavy atom. The van der Waals surface area contributed by atoms with Gasteiger partial charge in [0.25, 0.3) is 0 Å². The van der Waals surface area contributed by atoms with Crippen LogP contribution in [-0.2, 0) is 16.2 Å². The molecule has 0 aliphatic heterocycles. The summed E-state index contributed by atoms with van der Waals surface area (Å²) in [5.74, 6) is 3.03. The van der Waals surface area contributed by atoms with Crippen LogP contribution < -0.4 is 9.80 Å². The number of hydrogen-bond donors (Lipinski definition) is 0. The van der Waals surface area contributed by atoms with Gasteiger partial charge in [0.05, 0.1) is 11.4 Å². The minimum atomic E-state index is 0.0195. The van der Waals surface area contributed by atoms with Gasteiger partial charge in [0.15, 0.2) is 11.2 Å². The highest BCUT2D eigenvalue weighted by Crippen LogP contribution is 2.70. The molecule has 19 rings (SSSR count). The van der Waals surface area contributed by atoms with Gasteiger partial charge in [0.1, 0.15) is 11.2 Å². The minimum absolute atomic E-state index is 0.0195. The van der Waals surface area contributed by atoms with Crippen LogP contribution in [0, 0.1) is 23.7 Å². The Labute approximate surface area is 497 Å². The predicted molar refractivity (Wildman–Crippen MR) is 357 cm³/mol. The molecule has 4 fully saturated rings. The first-order valence-electron chi connectivity index (χ1n) is 30.5. The molecule has 4 bridgehead atoms. The topological polar surface area (TPSA) is 32.8 Å². The third-order valence-electron chi connectivity index (χ3n) is 20.5. The number of thiophene rings is 2. The molecule has 4 heterocycles. The first-order valence-corrected chi connectivity index (χ1v) is 32.1. The average molecular weight is 1130 g/mol. The second kappa shape index (κ2) is 17.5. The fourth-order valence-corrected chi connectivity index (χ4v) is 19.2. The number of nitrogens with zero attached hydrogens (tertiary/aromatic N) is 2. The van der Waals surface area contributed by atoms with Crippen molar-refractivity contribution in [1.82, 2.24) is 0 Å². The molecule has 5 aliphatic carbocycles. The maximum Gasteiger partial charge on any atom is 0.159 e. The number of anilines is 6. The van der Waals surface area contributed by atoms with E-state index in [9.17, 15) is 0 Å². The largest absolute Gasteiger partial charge is 0.454 e. The highest BCUT2D eigenvalue weighted by molar-refractivity contribution is 7.26. The summed E-state index contributed by atoms with van der Waals surface area (Å²) >= 11 is 3.96. The lowest BCUT2D eigenvalue weighted by Gasteiger charge is -2.61. The highest BCUT2D eigenvalue weighted by Gasteiger charge is 2.62. The number of fused-ring (bicyclic) bond motifs is 15. The zero-order valence-corrected chi connectivity index (χ0v) is 50.0. The predicted octanol–water partition coefficient (Wildman–Crippen LogP) is 23.5.